The lowest BCUT2D eigenvalue weighted by molar-refractivity contribution is 0.103. The Kier molecular flexibility index (Phi) is 6.27. The van der Waals surface area contributed by atoms with E-state index in [0.29, 0.717) is 39.3 Å². The van der Waals surface area contributed by atoms with E-state index in [0.717, 1.165) is 5.56 Å². The molecule has 6 heteroatoms. The van der Waals surface area contributed by atoms with Crippen LogP contribution in [-0.4, -0.2) is 29.0 Å². The lowest BCUT2D eigenvalue weighted by Crippen LogP contribution is -2.06. The van der Waals surface area contributed by atoms with Crippen molar-refractivity contribution in [1.29, 1.82) is 0 Å². The Balaban J connectivity index is 1.79. The van der Waals surface area contributed by atoms with Crippen molar-refractivity contribution in [3.05, 3.63) is 107 Å². The Bertz CT molecular complexity index is 1150. The number of nitrogen functional groups attached to an aromatic ring is 1. The monoisotopic (exact) mass is 400 g/mol. The average molecular weight is 400 g/mol. The molecular weight excluding hydrogens is 379 g/mol. The van der Waals surface area contributed by atoms with Gasteiger partial charge in [-0.25, -0.2) is 14.4 Å². The number of carbonyl (C=O) groups excluding carboxylic acids is 1. The Morgan fingerprint density at radius 2 is 1.83 bits per heavy atom. The number of rotatable bonds is 7. The first kappa shape index (κ1) is 20.8. The number of Topliss-reactive ketones (excluding diaryl/α,β-unsaturated/α-hetero) is 1. The summed E-state index contributed by atoms with van der Waals surface area (Å²) in [4.78, 5) is 25.0. The minimum atomic E-state index is -0.339. The third kappa shape index (κ3) is 4.55. The van der Waals surface area contributed by atoms with Gasteiger partial charge in [-0.3, -0.25) is 9.79 Å². The molecule has 0 fully saturated rings. The van der Waals surface area contributed by atoms with E-state index >= 15 is 0 Å². The smallest absolute Gasteiger partial charge is 0.188 e. The molecule has 5 nitrogen and oxygen atoms in total. The topological polar surface area (TPSA) is 81.2 Å². The molecule has 30 heavy (non-hydrogen) atoms. The number of allylic oxidation sites excluding steroid dienone is 1. The number of nitrogens with zero attached hydrogens (tertiary/aromatic N) is 3. The number of nitrogens with two attached hydrogens (primary N) is 1. The number of halogens is 1. The highest BCUT2D eigenvalue weighted by atomic mass is 19.1. The van der Waals surface area contributed by atoms with Crippen LogP contribution in [0.4, 0.5) is 10.2 Å². The summed E-state index contributed by atoms with van der Waals surface area (Å²) < 4.78 is 13.4. The Hall–Kier alpha value is -3.93. The van der Waals surface area contributed by atoms with Crippen molar-refractivity contribution < 1.29 is 9.18 Å². The lowest BCUT2D eigenvalue weighted by Gasteiger charge is -2.11. The van der Waals surface area contributed by atoms with Crippen molar-refractivity contribution in [2.24, 2.45) is 4.99 Å². The fourth-order valence-electron chi connectivity index (χ4n) is 3.04. The van der Waals surface area contributed by atoms with Crippen molar-refractivity contribution >= 4 is 23.4 Å². The summed E-state index contributed by atoms with van der Waals surface area (Å²) in [5.41, 5.74) is 10.1. The zero-order valence-electron chi connectivity index (χ0n) is 16.6. The van der Waals surface area contributed by atoms with Crippen LogP contribution in [0.1, 0.15) is 32.7 Å². The lowest BCUT2D eigenvalue weighted by atomic mass is 9.95. The summed E-state index contributed by atoms with van der Waals surface area (Å²) in [6, 6.07) is 13.1. The van der Waals surface area contributed by atoms with E-state index < -0.39 is 0 Å². The summed E-state index contributed by atoms with van der Waals surface area (Å²) in [5, 5.41) is 0. The minimum Gasteiger partial charge on any atom is -0.383 e. The van der Waals surface area contributed by atoms with Crippen LogP contribution in [0.2, 0.25) is 0 Å². The maximum atomic E-state index is 13.4. The van der Waals surface area contributed by atoms with Crippen LogP contribution >= 0.6 is 0 Å². The Morgan fingerprint density at radius 1 is 1.13 bits per heavy atom. The second-order valence-electron chi connectivity index (χ2n) is 6.70. The van der Waals surface area contributed by atoms with Crippen LogP contribution in [-0.2, 0) is 6.42 Å². The van der Waals surface area contributed by atoms with Crippen LogP contribution in [0, 0.1) is 5.82 Å². The molecule has 1 heterocycles. The van der Waals surface area contributed by atoms with Gasteiger partial charge in [0, 0.05) is 30.8 Å². The predicted molar refractivity (Wildman–Crippen MR) is 118 cm³/mol. The first-order valence-electron chi connectivity index (χ1n) is 9.20. The van der Waals surface area contributed by atoms with Gasteiger partial charge in [0.25, 0.3) is 0 Å². The SMILES string of the molecule is C=C(Cc1cccc(F)c1)C(=O)c1ccc(C(=C)c2ncnc(N)c2C=NC)cc1. The van der Waals surface area contributed by atoms with Gasteiger partial charge in [0.1, 0.15) is 18.0 Å². The molecule has 0 atom stereocenters. The van der Waals surface area contributed by atoms with Crippen LogP contribution < -0.4 is 5.73 Å². The van der Waals surface area contributed by atoms with Gasteiger partial charge < -0.3 is 5.73 Å². The molecule has 0 bridgehead atoms. The molecule has 0 unspecified atom stereocenters. The van der Waals surface area contributed by atoms with Crippen molar-refractivity contribution in [2.75, 3.05) is 12.8 Å². The van der Waals surface area contributed by atoms with E-state index in [-0.39, 0.29) is 18.0 Å². The van der Waals surface area contributed by atoms with E-state index in [9.17, 15) is 9.18 Å². The number of anilines is 1. The van der Waals surface area contributed by atoms with E-state index in [4.69, 9.17) is 5.73 Å². The largest absolute Gasteiger partial charge is 0.383 e. The van der Waals surface area contributed by atoms with Gasteiger partial charge in [0.15, 0.2) is 5.78 Å². The average Bonchev–Trinajstić information content (AvgIpc) is 2.74. The summed E-state index contributed by atoms with van der Waals surface area (Å²) in [6.45, 7) is 7.98. The zero-order chi connectivity index (χ0) is 21.7. The Labute approximate surface area is 174 Å². The molecule has 0 amide bonds. The number of aromatic nitrogens is 2. The second kappa shape index (κ2) is 9.05. The van der Waals surface area contributed by atoms with Crippen molar-refractivity contribution in [3.63, 3.8) is 0 Å². The molecule has 0 saturated carbocycles. The number of hydrogen-bond donors (Lipinski definition) is 1. The molecular formula is C24H21FN4O. The molecule has 0 radical (unpaired) electrons. The van der Waals surface area contributed by atoms with Gasteiger partial charge in [-0.1, -0.05) is 49.6 Å². The fourth-order valence-corrected chi connectivity index (χ4v) is 3.04. The van der Waals surface area contributed by atoms with Gasteiger partial charge in [0.05, 0.1) is 11.3 Å². The highest BCUT2D eigenvalue weighted by molar-refractivity contribution is 6.08. The normalized spacial score (nSPS) is 10.9. The van der Waals surface area contributed by atoms with E-state index in [1.165, 1.54) is 18.5 Å². The van der Waals surface area contributed by atoms with Gasteiger partial charge >= 0.3 is 0 Å². The molecule has 2 aromatic carbocycles. The number of carbonyl (C=O) groups is 1. The number of hydrogen-bond acceptors (Lipinski definition) is 5. The molecule has 0 aliphatic heterocycles. The van der Waals surface area contributed by atoms with Gasteiger partial charge in [0.2, 0.25) is 0 Å². The summed E-state index contributed by atoms with van der Waals surface area (Å²) in [5.74, 6) is -0.220. The van der Waals surface area contributed by atoms with E-state index in [1.807, 2.05) is 0 Å². The third-order valence-electron chi connectivity index (χ3n) is 4.58. The molecule has 1 aromatic heterocycles. The van der Waals surface area contributed by atoms with E-state index in [1.54, 1.807) is 49.7 Å². The molecule has 3 rings (SSSR count). The first-order valence-corrected chi connectivity index (χ1v) is 9.20. The molecule has 0 saturated heterocycles. The molecule has 3 aromatic rings. The van der Waals surface area contributed by atoms with Gasteiger partial charge in [-0.05, 0) is 28.8 Å². The zero-order valence-corrected chi connectivity index (χ0v) is 16.6. The van der Waals surface area contributed by atoms with Crippen LogP contribution in [0.15, 0.2) is 78.6 Å². The van der Waals surface area contributed by atoms with Crippen LogP contribution in [0.3, 0.4) is 0 Å². The fraction of sp³-hybridized carbons (Fsp3) is 0.0833. The second-order valence-corrected chi connectivity index (χ2v) is 6.70. The maximum absolute atomic E-state index is 13.4. The van der Waals surface area contributed by atoms with Crippen molar-refractivity contribution in [1.82, 2.24) is 9.97 Å². The minimum absolute atomic E-state index is 0.193. The highest BCUT2D eigenvalue weighted by Gasteiger charge is 2.15. The number of ketones is 1. The van der Waals surface area contributed by atoms with Crippen LogP contribution in [0.25, 0.3) is 5.57 Å². The highest BCUT2D eigenvalue weighted by Crippen LogP contribution is 2.25. The molecule has 2 N–H and O–H groups in total. The predicted octanol–water partition coefficient (Wildman–Crippen LogP) is 4.29. The number of aliphatic imine (C=N–C) groups is 1. The third-order valence-corrected chi connectivity index (χ3v) is 4.58. The Morgan fingerprint density at radius 3 is 2.50 bits per heavy atom. The quantitative estimate of drug-likeness (QED) is 0.364. The number of benzene rings is 2. The molecule has 0 spiro atoms. The summed E-state index contributed by atoms with van der Waals surface area (Å²) >= 11 is 0. The maximum Gasteiger partial charge on any atom is 0.188 e. The van der Waals surface area contributed by atoms with Crippen molar-refractivity contribution in [2.45, 2.75) is 6.42 Å². The van der Waals surface area contributed by atoms with Gasteiger partial charge in [-0.15, -0.1) is 0 Å². The van der Waals surface area contributed by atoms with Gasteiger partial charge in [-0.2, -0.15) is 0 Å². The summed E-state index contributed by atoms with van der Waals surface area (Å²) in [6.07, 6.45) is 3.24. The summed E-state index contributed by atoms with van der Waals surface area (Å²) in [7, 11) is 1.64. The van der Waals surface area contributed by atoms with Crippen molar-refractivity contribution in [3.8, 4) is 0 Å². The molecule has 0 aliphatic carbocycles. The molecule has 150 valence electrons. The standard InChI is InChI=1S/C24H21FN4O/c1-15(11-17-5-4-6-20(25)12-17)23(30)19-9-7-18(8-10-19)16(2)22-21(13-27-3)24(26)29-14-28-22/h4-10,12-14H,1-2,11H2,3H3,(H2,26,28,29). The van der Waals surface area contributed by atoms with E-state index in [2.05, 4.69) is 28.1 Å². The molecule has 0 aliphatic rings. The van der Waals surface area contributed by atoms with Crippen LogP contribution in [0.5, 0.6) is 0 Å². The first-order chi connectivity index (χ1) is 14.4.